The van der Waals surface area contributed by atoms with Crippen LogP contribution in [0.3, 0.4) is 0 Å². The number of nitrogens with zero attached hydrogens (tertiary/aromatic N) is 2. The van der Waals surface area contributed by atoms with E-state index in [0.29, 0.717) is 17.5 Å². The average Bonchev–Trinajstić information content (AvgIpc) is 2.37. The molecule has 0 bridgehead atoms. The number of nitrogens with one attached hydrogen (secondary N) is 2. The molecule has 100 valence electrons. The molecule has 0 aliphatic carbocycles. The standard InChI is InChI=1S/C11H19N5O2/c1-4-5-8-14-9(6-10(15-8)16-12)13-7(2)11(17)18-3/h6-7H,4-5,12H2,1-3H3,(H2,13,14,15,16). The number of anilines is 2. The normalized spacial score (nSPS) is 11.8. The summed E-state index contributed by atoms with van der Waals surface area (Å²) in [6.45, 7) is 3.74. The Kier molecular flexibility index (Phi) is 5.31. The zero-order valence-corrected chi connectivity index (χ0v) is 10.9. The largest absolute Gasteiger partial charge is 0.467 e. The first-order valence-corrected chi connectivity index (χ1v) is 5.79. The van der Waals surface area contributed by atoms with Crippen LogP contribution >= 0.6 is 0 Å². The molecule has 1 heterocycles. The van der Waals surface area contributed by atoms with Crippen molar-refractivity contribution in [3.05, 3.63) is 11.9 Å². The van der Waals surface area contributed by atoms with Gasteiger partial charge in [-0.15, -0.1) is 0 Å². The Labute approximate surface area is 106 Å². The van der Waals surface area contributed by atoms with Gasteiger partial charge >= 0.3 is 5.97 Å². The van der Waals surface area contributed by atoms with Crippen molar-refractivity contribution in [2.45, 2.75) is 32.7 Å². The molecule has 0 spiro atoms. The number of esters is 1. The number of aryl methyl sites for hydroxylation is 1. The monoisotopic (exact) mass is 253 g/mol. The molecule has 1 atom stereocenters. The van der Waals surface area contributed by atoms with Gasteiger partial charge in [0, 0.05) is 12.5 Å². The Morgan fingerprint density at radius 1 is 1.50 bits per heavy atom. The molecular formula is C11H19N5O2. The number of rotatable bonds is 6. The van der Waals surface area contributed by atoms with Gasteiger partial charge in [-0.05, 0) is 13.3 Å². The quantitative estimate of drug-likeness (QED) is 0.389. The molecule has 0 radical (unpaired) electrons. The van der Waals surface area contributed by atoms with Crippen molar-refractivity contribution in [3.63, 3.8) is 0 Å². The van der Waals surface area contributed by atoms with Crippen molar-refractivity contribution >= 4 is 17.6 Å². The van der Waals surface area contributed by atoms with Crippen LogP contribution < -0.4 is 16.6 Å². The van der Waals surface area contributed by atoms with Crippen molar-refractivity contribution < 1.29 is 9.53 Å². The second-order valence-electron chi connectivity index (χ2n) is 3.84. The third-order valence-corrected chi connectivity index (χ3v) is 2.31. The van der Waals surface area contributed by atoms with Crippen LogP contribution in [-0.4, -0.2) is 29.1 Å². The zero-order chi connectivity index (χ0) is 13.5. The molecule has 7 heteroatoms. The Bertz CT molecular complexity index is 410. The molecule has 0 fully saturated rings. The van der Waals surface area contributed by atoms with E-state index >= 15 is 0 Å². The van der Waals surface area contributed by atoms with Crippen LogP contribution in [0.4, 0.5) is 11.6 Å². The summed E-state index contributed by atoms with van der Waals surface area (Å²) in [7, 11) is 1.34. The molecule has 1 rings (SSSR count). The maximum Gasteiger partial charge on any atom is 0.328 e. The van der Waals surface area contributed by atoms with Crippen molar-refractivity contribution in [1.82, 2.24) is 9.97 Å². The molecule has 0 saturated heterocycles. The number of aromatic nitrogens is 2. The first kappa shape index (κ1) is 14.2. The lowest BCUT2D eigenvalue weighted by Crippen LogP contribution is -2.28. The third kappa shape index (κ3) is 3.85. The molecular weight excluding hydrogens is 234 g/mol. The van der Waals surface area contributed by atoms with E-state index in [2.05, 4.69) is 25.4 Å². The van der Waals surface area contributed by atoms with E-state index in [9.17, 15) is 4.79 Å². The van der Waals surface area contributed by atoms with Crippen LogP contribution in [0.5, 0.6) is 0 Å². The van der Waals surface area contributed by atoms with Gasteiger partial charge in [-0.1, -0.05) is 6.92 Å². The van der Waals surface area contributed by atoms with Crippen molar-refractivity contribution in [3.8, 4) is 0 Å². The van der Waals surface area contributed by atoms with Crippen LogP contribution in [0.1, 0.15) is 26.1 Å². The number of carbonyl (C=O) groups excluding carboxylic acids is 1. The Morgan fingerprint density at radius 2 is 2.17 bits per heavy atom. The molecule has 18 heavy (non-hydrogen) atoms. The molecule has 0 aliphatic heterocycles. The fraction of sp³-hybridized carbons (Fsp3) is 0.545. The maximum atomic E-state index is 11.3. The minimum atomic E-state index is -0.481. The van der Waals surface area contributed by atoms with Gasteiger partial charge in [0.25, 0.3) is 0 Å². The van der Waals surface area contributed by atoms with E-state index in [0.717, 1.165) is 12.8 Å². The van der Waals surface area contributed by atoms with Gasteiger partial charge in [-0.2, -0.15) is 0 Å². The molecule has 1 unspecified atom stereocenters. The molecule has 0 aliphatic rings. The predicted molar refractivity (Wildman–Crippen MR) is 68.9 cm³/mol. The second-order valence-corrected chi connectivity index (χ2v) is 3.84. The summed E-state index contributed by atoms with van der Waals surface area (Å²) in [4.78, 5) is 19.8. The van der Waals surface area contributed by atoms with Gasteiger partial charge in [0.05, 0.1) is 7.11 Å². The lowest BCUT2D eigenvalue weighted by atomic mass is 10.3. The Hall–Kier alpha value is -1.89. The Morgan fingerprint density at radius 3 is 2.72 bits per heavy atom. The number of ether oxygens (including phenoxy) is 1. The summed E-state index contributed by atoms with van der Waals surface area (Å²) >= 11 is 0. The third-order valence-electron chi connectivity index (χ3n) is 2.31. The molecule has 0 aromatic carbocycles. The van der Waals surface area contributed by atoms with Gasteiger partial charge in [0.2, 0.25) is 0 Å². The van der Waals surface area contributed by atoms with E-state index in [1.165, 1.54) is 7.11 Å². The molecule has 1 aromatic rings. The van der Waals surface area contributed by atoms with Crippen LogP contribution in [0, 0.1) is 0 Å². The summed E-state index contributed by atoms with van der Waals surface area (Å²) in [6, 6.07) is 1.16. The highest BCUT2D eigenvalue weighted by Crippen LogP contribution is 2.12. The summed E-state index contributed by atoms with van der Waals surface area (Å²) in [6.07, 6.45) is 1.68. The molecule has 0 saturated carbocycles. The van der Waals surface area contributed by atoms with Crippen LogP contribution in [0.15, 0.2) is 6.07 Å². The summed E-state index contributed by atoms with van der Waals surface area (Å²) in [5.74, 6) is 6.71. The number of carbonyl (C=O) groups is 1. The minimum Gasteiger partial charge on any atom is -0.467 e. The van der Waals surface area contributed by atoms with Crippen LogP contribution in [0.25, 0.3) is 0 Å². The topological polar surface area (TPSA) is 102 Å². The number of hydrogen-bond acceptors (Lipinski definition) is 7. The van der Waals surface area contributed by atoms with Crippen molar-refractivity contribution in [1.29, 1.82) is 0 Å². The summed E-state index contributed by atoms with van der Waals surface area (Å²) in [5.41, 5.74) is 2.48. The Balaban J connectivity index is 2.86. The van der Waals surface area contributed by atoms with Gasteiger partial charge in [-0.3, -0.25) is 0 Å². The van der Waals surface area contributed by atoms with E-state index in [1.54, 1.807) is 13.0 Å². The highest BCUT2D eigenvalue weighted by molar-refractivity contribution is 5.78. The lowest BCUT2D eigenvalue weighted by molar-refractivity contribution is -0.141. The van der Waals surface area contributed by atoms with Gasteiger partial charge < -0.3 is 15.5 Å². The fourth-order valence-electron chi connectivity index (χ4n) is 1.44. The number of hydrazine groups is 1. The first-order chi connectivity index (χ1) is 8.60. The smallest absolute Gasteiger partial charge is 0.328 e. The van der Waals surface area contributed by atoms with E-state index in [4.69, 9.17) is 5.84 Å². The number of nitrogen functional groups attached to an aromatic ring is 1. The lowest BCUT2D eigenvalue weighted by Gasteiger charge is -2.13. The minimum absolute atomic E-state index is 0.354. The number of methoxy groups -OCH3 is 1. The number of nitrogens with two attached hydrogens (primary N) is 1. The predicted octanol–water partition coefficient (Wildman–Crippen LogP) is 0.688. The summed E-state index contributed by atoms with van der Waals surface area (Å²) in [5, 5.41) is 2.94. The summed E-state index contributed by atoms with van der Waals surface area (Å²) < 4.78 is 4.63. The van der Waals surface area contributed by atoms with Crippen LogP contribution in [0.2, 0.25) is 0 Å². The van der Waals surface area contributed by atoms with E-state index in [-0.39, 0.29) is 5.97 Å². The highest BCUT2D eigenvalue weighted by Gasteiger charge is 2.14. The van der Waals surface area contributed by atoms with Crippen molar-refractivity contribution in [2.24, 2.45) is 5.84 Å². The molecule has 7 nitrogen and oxygen atoms in total. The average molecular weight is 253 g/mol. The molecule has 1 aromatic heterocycles. The highest BCUT2D eigenvalue weighted by atomic mass is 16.5. The van der Waals surface area contributed by atoms with Gasteiger partial charge in [-0.25, -0.2) is 20.6 Å². The fourth-order valence-corrected chi connectivity index (χ4v) is 1.44. The number of hydrogen-bond donors (Lipinski definition) is 3. The van der Waals surface area contributed by atoms with Crippen molar-refractivity contribution in [2.75, 3.05) is 17.9 Å². The SMILES string of the molecule is CCCc1nc(NN)cc(NC(C)C(=O)OC)n1. The van der Waals surface area contributed by atoms with Gasteiger partial charge in [0.1, 0.15) is 23.5 Å². The molecule has 4 N–H and O–H groups in total. The van der Waals surface area contributed by atoms with E-state index in [1.807, 2.05) is 6.92 Å². The second kappa shape index (κ2) is 6.75. The van der Waals surface area contributed by atoms with E-state index < -0.39 is 6.04 Å². The maximum absolute atomic E-state index is 11.3. The molecule has 0 amide bonds. The van der Waals surface area contributed by atoms with Gasteiger partial charge in [0.15, 0.2) is 0 Å². The van der Waals surface area contributed by atoms with Crippen LogP contribution in [-0.2, 0) is 16.0 Å². The zero-order valence-electron chi connectivity index (χ0n) is 10.9. The first-order valence-electron chi connectivity index (χ1n) is 5.79.